The molecule has 108 valence electrons. The first-order valence-corrected chi connectivity index (χ1v) is 6.72. The predicted octanol–water partition coefficient (Wildman–Crippen LogP) is 3.48. The molecular weight excluding hydrogens is 264 g/mol. The molecule has 0 radical (unpaired) electrons. The first-order valence-electron chi connectivity index (χ1n) is 6.72. The highest BCUT2D eigenvalue weighted by molar-refractivity contribution is 5.89. The Morgan fingerprint density at radius 2 is 1.71 bits per heavy atom. The number of amides is 2. The maximum atomic E-state index is 11.8. The number of carbonyl (C=O) groups excluding carboxylic acids is 1. The summed E-state index contributed by atoms with van der Waals surface area (Å²) < 4.78 is 0. The smallest absolute Gasteiger partial charge is 0.339 e. The van der Waals surface area contributed by atoms with Crippen molar-refractivity contribution in [2.75, 3.05) is 18.7 Å². The summed E-state index contributed by atoms with van der Waals surface area (Å²) in [5.74, 6) is 0. The van der Waals surface area contributed by atoms with E-state index in [0.29, 0.717) is 12.3 Å². The van der Waals surface area contributed by atoms with Crippen LogP contribution in [0.4, 0.5) is 10.5 Å². The molecular formula is C17H18N2O2. The number of urea groups is 1. The van der Waals surface area contributed by atoms with Crippen LogP contribution < -0.4 is 10.4 Å². The molecule has 0 aliphatic rings. The first-order chi connectivity index (χ1) is 10.3. The number of nitrogens with zero attached hydrogens (tertiary/aromatic N) is 1. The zero-order valence-corrected chi connectivity index (χ0v) is 11.9. The highest BCUT2D eigenvalue weighted by Crippen LogP contribution is 2.14. The Hall–Kier alpha value is -2.59. The van der Waals surface area contributed by atoms with E-state index < -0.39 is 0 Å². The normalized spacial score (nSPS) is 10.5. The second-order valence-electron chi connectivity index (χ2n) is 4.29. The first kappa shape index (κ1) is 14.8. The van der Waals surface area contributed by atoms with Gasteiger partial charge in [0.1, 0.15) is 0 Å². The van der Waals surface area contributed by atoms with Crippen LogP contribution in [0.2, 0.25) is 0 Å². The average molecular weight is 282 g/mol. The Labute approximate surface area is 124 Å². The van der Waals surface area contributed by atoms with E-state index in [4.69, 9.17) is 4.84 Å². The number of hydroxylamine groups is 1. The molecule has 4 nitrogen and oxygen atoms in total. The Morgan fingerprint density at radius 3 is 2.33 bits per heavy atom. The van der Waals surface area contributed by atoms with Crippen molar-refractivity contribution in [1.82, 2.24) is 5.32 Å². The van der Waals surface area contributed by atoms with Crippen LogP contribution in [0.3, 0.4) is 0 Å². The van der Waals surface area contributed by atoms with E-state index in [1.165, 1.54) is 5.06 Å². The Balaban J connectivity index is 1.97. The molecule has 0 unspecified atom stereocenters. The van der Waals surface area contributed by atoms with Crippen LogP contribution in [-0.4, -0.2) is 19.7 Å². The van der Waals surface area contributed by atoms with Crippen molar-refractivity contribution in [3.63, 3.8) is 0 Å². The van der Waals surface area contributed by atoms with Gasteiger partial charge in [0, 0.05) is 7.05 Å². The molecule has 0 atom stereocenters. The van der Waals surface area contributed by atoms with Crippen LogP contribution in [0.5, 0.6) is 0 Å². The van der Waals surface area contributed by atoms with Gasteiger partial charge in [0.25, 0.3) is 0 Å². The van der Waals surface area contributed by atoms with Crippen LogP contribution in [-0.2, 0) is 4.84 Å². The van der Waals surface area contributed by atoms with Gasteiger partial charge in [0.05, 0.1) is 12.3 Å². The molecule has 21 heavy (non-hydrogen) atoms. The maximum Gasteiger partial charge on any atom is 0.345 e. The monoisotopic (exact) mass is 282 g/mol. The second-order valence-corrected chi connectivity index (χ2v) is 4.29. The Morgan fingerprint density at radius 1 is 1.10 bits per heavy atom. The summed E-state index contributed by atoms with van der Waals surface area (Å²) in [5.41, 5.74) is 1.78. The lowest BCUT2D eigenvalue weighted by atomic mass is 10.2. The standard InChI is InChI=1S/C17H18N2O2/c1-18-17(20)19(16-12-6-3-7-13-16)21-14-8-11-15-9-4-2-5-10-15/h2-13H,14H2,1H3,(H,18,20)/b11-8+. The number of para-hydroxylation sites is 1. The van der Waals surface area contributed by atoms with Gasteiger partial charge in [-0.1, -0.05) is 60.7 Å². The third-order valence-corrected chi connectivity index (χ3v) is 2.80. The Kier molecular flexibility index (Phi) is 5.55. The van der Waals surface area contributed by atoms with E-state index in [2.05, 4.69) is 5.32 Å². The second kappa shape index (κ2) is 7.87. The van der Waals surface area contributed by atoms with Gasteiger partial charge in [-0.15, -0.1) is 0 Å². The summed E-state index contributed by atoms with van der Waals surface area (Å²) in [6, 6.07) is 18.8. The number of hydrogen-bond donors (Lipinski definition) is 1. The van der Waals surface area contributed by atoms with Crippen LogP contribution in [0, 0.1) is 0 Å². The van der Waals surface area contributed by atoms with Crippen molar-refractivity contribution in [3.8, 4) is 0 Å². The molecule has 0 aliphatic heterocycles. The minimum absolute atomic E-state index is 0.303. The zero-order valence-electron chi connectivity index (χ0n) is 11.9. The molecule has 1 N–H and O–H groups in total. The van der Waals surface area contributed by atoms with Crippen LogP contribution >= 0.6 is 0 Å². The molecule has 0 saturated carbocycles. The molecule has 2 aromatic rings. The highest BCUT2D eigenvalue weighted by atomic mass is 16.7. The van der Waals surface area contributed by atoms with E-state index in [1.54, 1.807) is 7.05 Å². The minimum atomic E-state index is -0.311. The van der Waals surface area contributed by atoms with Gasteiger partial charge in [-0.2, -0.15) is 5.06 Å². The molecule has 2 aromatic carbocycles. The molecule has 0 saturated heterocycles. The fourth-order valence-electron chi connectivity index (χ4n) is 1.78. The number of rotatable bonds is 5. The SMILES string of the molecule is CNC(=O)N(OC/C=C/c1ccccc1)c1ccccc1. The number of anilines is 1. The van der Waals surface area contributed by atoms with Gasteiger partial charge >= 0.3 is 6.03 Å². The predicted molar refractivity (Wildman–Crippen MR) is 84.8 cm³/mol. The van der Waals surface area contributed by atoms with Gasteiger partial charge in [-0.3, -0.25) is 4.84 Å². The van der Waals surface area contributed by atoms with Crippen molar-refractivity contribution in [2.24, 2.45) is 0 Å². The third kappa shape index (κ3) is 4.47. The summed E-state index contributed by atoms with van der Waals surface area (Å²) in [6.07, 6.45) is 3.82. The van der Waals surface area contributed by atoms with Crippen LogP contribution in [0.25, 0.3) is 6.08 Å². The summed E-state index contributed by atoms with van der Waals surface area (Å²) in [5, 5.41) is 3.81. The fraction of sp³-hybridized carbons (Fsp3) is 0.118. The number of benzene rings is 2. The number of nitrogens with one attached hydrogen (secondary N) is 1. The molecule has 0 fully saturated rings. The molecule has 2 amide bonds. The fourth-order valence-corrected chi connectivity index (χ4v) is 1.78. The molecule has 4 heteroatoms. The quantitative estimate of drug-likeness (QED) is 0.853. The topological polar surface area (TPSA) is 41.6 Å². The van der Waals surface area contributed by atoms with Crippen molar-refractivity contribution < 1.29 is 9.63 Å². The Bertz CT molecular complexity index is 582. The summed E-state index contributed by atoms with van der Waals surface area (Å²) in [6.45, 7) is 0.303. The van der Waals surface area contributed by atoms with Crippen LogP contribution in [0.1, 0.15) is 5.56 Å². The molecule has 0 aliphatic carbocycles. The summed E-state index contributed by atoms with van der Waals surface area (Å²) in [7, 11) is 1.57. The lowest BCUT2D eigenvalue weighted by Gasteiger charge is -2.20. The molecule has 2 rings (SSSR count). The summed E-state index contributed by atoms with van der Waals surface area (Å²) >= 11 is 0. The maximum absolute atomic E-state index is 11.8. The van der Waals surface area contributed by atoms with Crippen molar-refractivity contribution in [1.29, 1.82) is 0 Å². The van der Waals surface area contributed by atoms with Gasteiger partial charge < -0.3 is 5.32 Å². The molecule has 0 aromatic heterocycles. The van der Waals surface area contributed by atoms with E-state index >= 15 is 0 Å². The lowest BCUT2D eigenvalue weighted by Crippen LogP contribution is -2.38. The van der Waals surface area contributed by atoms with Crippen LogP contribution in [0.15, 0.2) is 66.7 Å². The molecule has 0 heterocycles. The van der Waals surface area contributed by atoms with Gasteiger partial charge in [0.2, 0.25) is 0 Å². The van der Waals surface area contributed by atoms with E-state index in [1.807, 2.05) is 72.8 Å². The number of hydrogen-bond acceptors (Lipinski definition) is 2. The average Bonchev–Trinajstić information content (AvgIpc) is 2.56. The van der Waals surface area contributed by atoms with E-state index in [0.717, 1.165) is 5.56 Å². The van der Waals surface area contributed by atoms with Crippen molar-refractivity contribution in [2.45, 2.75) is 0 Å². The number of carbonyl (C=O) groups is 1. The van der Waals surface area contributed by atoms with Gasteiger partial charge in [-0.25, -0.2) is 4.79 Å². The zero-order chi connectivity index (χ0) is 14.9. The van der Waals surface area contributed by atoms with Crippen molar-refractivity contribution >= 4 is 17.8 Å². The van der Waals surface area contributed by atoms with Gasteiger partial charge in [0.15, 0.2) is 0 Å². The van der Waals surface area contributed by atoms with E-state index in [-0.39, 0.29) is 6.03 Å². The highest BCUT2D eigenvalue weighted by Gasteiger charge is 2.13. The largest absolute Gasteiger partial charge is 0.345 e. The van der Waals surface area contributed by atoms with Gasteiger partial charge in [-0.05, 0) is 17.7 Å². The van der Waals surface area contributed by atoms with E-state index in [9.17, 15) is 4.79 Å². The molecule has 0 bridgehead atoms. The lowest BCUT2D eigenvalue weighted by molar-refractivity contribution is 0.139. The minimum Gasteiger partial charge on any atom is -0.339 e. The molecule has 0 spiro atoms. The van der Waals surface area contributed by atoms with Crippen molar-refractivity contribution in [3.05, 3.63) is 72.3 Å². The summed E-state index contributed by atoms with van der Waals surface area (Å²) in [4.78, 5) is 17.4. The third-order valence-electron chi connectivity index (χ3n) is 2.80.